The smallest absolute Gasteiger partial charge is 0.306 e. The Balaban J connectivity index is 1.87. The minimum atomic E-state index is 0.0314. The van der Waals surface area contributed by atoms with E-state index in [4.69, 9.17) is 4.74 Å². The highest BCUT2D eigenvalue weighted by atomic mass is 16.5. The molecule has 0 saturated heterocycles. The minimum absolute atomic E-state index is 0.0314. The summed E-state index contributed by atoms with van der Waals surface area (Å²) in [6, 6.07) is 0. The topological polar surface area (TPSA) is 26.3 Å². The van der Waals surface area contributed by atoms with Gasteiger partial charge in [-0.15, -0.1) is 0 Å². The SMILES string of the molecule is [CH2]CCCCCCCCCC(=O)OC1CCCCC1. The molecule has 0 amide bonds. The van der Waals surface area contributed by atoms with Gasteiger partial charge in [-0.05, 0) is 32.1 Å². The summed E-state index contributed by atoms with van der Waals surface area (Å²) in [6.45, 7) is 3.85. The van der Waals surface area contributed by atoms with Crippen molar-refractivity contribution in [2.75, 3.05) is 0 Å². The van der Waals surface area contributed by atoms with E-state index in [1.54, 1.807) is 0 Å². The van der Waals surface area contributed by atoms with E-state index in [9.17, 15) is 4.79 Å². The van der Waals surface area contributed by atoms with E-state index in [0.29, 0.717) is 6.42 Å². The predicted molar refractivity (Wildman–Crippen MR) is 79.9 cm³/mol. The first kappa shape index (κ1) is 16.5. The van der Waals surface area contributed by atoms with Crippen molar-refractivity contribution in [1.29, 1.82) is 0 Å². The van der Waals surface area contributed by atoms with Gasteiger partial charge in [0, 0.05) is 6.42 Å². The summed E-state index contributed by atoms with van der Waals surface area (Å²) in [6.07, 6.45) is 16.5. The number of carbonyl (C=O) groups is 1. The van der Waals surface area contributed by atoms with Crippen molar-refractivity contribution in [3.8, 4) is 0 Å². The Bertz CT molecular complexity index is 219. The van der Waals surface area contributed by atoms with Gasteiger partial charge < -0.3 is 4.74 Å². The zero-order chi connectivity index (χ0) is 13.8. The zero-order valence-corrected chi connectivity index (χ0v) is 12.5. The number of unbranched alkanes of at least 4 members (excludes halogenated alkanes) is 7. The monoisotopic (exact) mass is 267 g/mol. The van der Waals surface area contributed by atoms with E-state index < -0.39 is 0 Å². The summed E-state index contributed by atoms with van der Waals surface area (Å²) < 4.78 is 5.51. The van der Waals surface area contributed by atoms with Gasteiger partial charge in [0.2, 0.25) is 0 Å². The van der Waals surface area contributed by atoms with E-state index in [2.05, 4.69) is 6.92 Å². The fourth-order valence-corrected chi connectivity index (χ4v) is 2.76. The summed E-state index contributed by atoms with van der Waals surface area (Å²) in [5, 5.41) is 0. The maximum absolute atomic E-state index is 11.7. The molecule has 0 aromatic rings. The fourth-order valence-electron chi connectivity index (χ4n) is 2.76. The Morgan fingerprint density at radius 3 is 2.11 bits per heavy atom. The molecule has 0 atom stereocenters. The van der Waals surface area contributed by atoms with Crippen molar-refractivity contribution >= 4 is 5.97 Å². The quantitative estimate of drug-likeness (QED) is 0.401. The second-order valence-electron chi connectivity index (χ2n) is 5.83. The van der Waals surface area contributed by atoms with Crippen molar-refractivity contribution in [2.24, 2.45) is 0 Å². The molecule has 1 radical (unpaired) electrons. The molecule has 1 saturated carbocycles. The van der Waals surface area contributed by atoms with Gasteiger partial charge in [0.25, 0.3) is 0 Å². The number of hydrogen-bond acceptors (Lipinski definition) is 2. The lowest BCUT2D eigenvalue weighted by Gasteiger charge is -2.21. The summed E-state index contributed by atoms with van der Waals surface area (Å²) in [5.41, 5.74) is 0. The first-order valence-electron chi connectivity index (χ1n) is 8.31. The van der Waals surface area contributed by atoms with Crippen molar-refractivity contribution in [3.63, 3.8) is 0 Å². The molecule has 19 heavy (non-hydrogen) atoms. The van der Waals surface area contributed by atoms with Gasteiger partial charge >= 0.3 is 5.97 Å². The molecule has 0 aromatic heterocycles. The lowest BCUT2D eigenvalue weighted by Crippen LogP contribution is -2.20. The Morgan fingerprint density at radius 1 is 0.895 bits per heavy atom. The molecule has 0 heterocycles. The summed E-state index contributed by atoms with van der Waals surface area (Å²) >= 11 is 0. The Morgan fingerprint density at radius 2 is 1.47 bits per heavy atom. The van der Waals surface area contributed by atoms with Gasteiger partial charge in [-0.3, -0.25) is 4.79 Å². The van der Waals surface area contributed by atoms with E-state index in [0.717, 1.165) is 25.7 Å². The average molecular weight is 267 g/mol. The molecule has 0 bridgehead atoms. The molecule has 0 N–H and O–H groups in total. The van der Waals surface area contributed by atoms with Crippen molar-refractivity contribution in [2.45, 2.75) is 96.0 Å². The van der Waals surface area contributed by atoms with Crippen molar-refractivity contribution < 1.29 is 9.53 Å². The number of rotatable bonds is 10. The van der Waals surface area contributed by atoms with Crippen LogP contribution in [-0.2, 0) is 9.53 Å². The van der Waals surface area contributed by atoms with Crippen LogP contribution in [0.1, 0.15) is 89.9 Å². The van der Waals surface area contributed by atoms with Crippen LogP contribution in [0.25, 0.3) is 0 Å². The van der Waals surface area contributed by atoms with Crippen LogP contribution in [0, 0.1) is 6.92 Å². The molecule has 2 nitrogen and oxygen atoms in total. The molecule has 1 fully saturated rings. The molecule has 0 aliphatic heterocycles. The van der Waals surface area contributed by atoms with Gasteiger partial charge in [-0.25, -0.2) is 0 Å². The molecular weight excluding hydrogens is 236 g/mol. The molecule has 0 aromatic carbocycles. The summed E-state index contributed by atoms with van der Waals surface area (Å²) in [5.74, 6) is 0.0314. The molecule has 2 heteroatoms. The van der Waals surface area contributed by atoms with E-state index >= 15 is 0 Å². The van der Waals surface area contributed by atoms with E-state index in [1.807, 2.05) is 0 Å². The molecular formula is C17H31O2. The second kappa shape index (κ2) is 11.3. The standard InChI is InChI=1S/C17H31O2/c1-2-3-4-5-6-7-8-12-15-17(18)19-16-13-10-9-11-14-16/h16H,1-15H2. The van der Waals surface area contributed by atoms with Crippen LogP contribution >= 0.6 is 0 Å². The van der Waals surface area contributed by atoms with Crippen LogP contribution in [-0.4, -0.2) is 12.1 Å². The average Bonchev–Trinajstić information content (AvgIpc) is 2.43. The van der Waals surface area contributed by atoms with Gasteiger partial charge in [-0.2, -0.15) is 0 Å². The highest BCUT2D eigenvalue weighted by Crippen LogP contribution is 2.21. The number of esters is 1. The molecule has 1 rings (SSSR count). The number of ether oxygens (including phenoxy) is 1. The Labute approximate surface area is 119 Å². The maximum atomic E-state index is 11.7. The third kappa shape index (κ3) is 9.07. The van der Waals surface area contributed by atoms with E-state index in [1.165, 1.54) is 57.8 Å². The zero-order valence-electron chi connectivity index (χ0n) is 12.5. The minimum Gasteiger partial charge on any atom is -0.462 e. The molecule has 0 unspecified atom stereocenters. The van der Waals surface area contributed by atoms with Crippen LogP contribution in [0.5, 0.6) is 0 Å². The van der Waals surface area contributed by atoms with Crippen LogP contribution in [0.4, 0.5) is 0 Å². The first-order chi connectivity index (χ1) is 9.33. The lowest BCUT2D eigenvalue weighted by atomic mass is 9.98. The van der Waals surface area contributed by atoms with Crippen LogP contribution in [0.2, 0.25) is 0 Å². The van der Waals surface area contributed by atoms with Gasteiger partial charge in [0.05, 0.1) is 0 Å². The lowest BCUT2D eigenvalue weighted by molar-refractivity contribution is -0.150. The highest BCUT2D eigenvalue weighted by molar-refractivity contribution is 5.69. The molecule has 1 aliphatic carbocycles. The third-order valence-electron chi connectivity index (χ3n) is 3.98. The van der Waals surface area contributed by atoms with Crippen molar-refractivity contribution in [3.05, 3.63) is 6.92 Å². The second-order valence-corrected chi connectivity index (χ2v) is 5.83. The number of hydrogen-bond donors (Lipinski definition) is 0. The Hall–Kier alpha value is -0.530. The Kier molecular flexibility index (Phi) is 9.84. The maximum Gasteiger partial charge on any atom is 0.306 e. The largest absolute Gasteiger partial charge is 0.462 e. The first-order valence-corrected chi connectivity index (χ1v) is 8.31. The highest BCUT2D eigenvalue weighted by Gasteiger charge is 2.17. The fraction of sp³-hybridized carbons (Fsp3) is 0.882. The number of carbonyl (C=O) groups excluding carboxylic acids is 1. The van der Waals surface area contributed by atoms with Gasteiger partial charge in [-0.1, -0.05) is 58.3 Å². The normalized spacial score (nSPS) is 16.5. The van der Waals surface area contributed by atoms with Crippen LogP contribution in [0.15, 0.2) is 0 Å². The van der Waals surface area contributed by atoms with Crippen LogP contribution in [0.3, 0.4) is 0 Å². The molecule has 0 spiro atoms. The van der Waals surface area contributed by atoms with Gasteiger partial charge in [0.15, 0.2) is 0 Å². The molecule has 1 aliphatic rings. The van der Waals surface area contributed by atoms with Crippen LogP contribution < -0.4 is 0 Å². The predicted octanol–water partition coefficient (Wildman–Crippen LogP) is 5.21. The summed E-state index contributed by atoms with van der Waals surface area (Å²) in [4.78, 5) is 11.7. The van der Waals surface area contributed by atoms with Crippen molar-refractivity contribution in [1.82, 2.24) is 0 Å². The van der Waals surface area contributed by atoms with Gasteiger partial charge in [0.1, 0.15) is 6.10 Å². The summed E-state index contributed by atoms with van der Waals surface area (Å²) in [7, 11) is 0. The third-order valence-corrected chi connectivity index (χ3v) is 3.98. The van der Waals surface area contributed by atoms with E-state index in [-0.39, 0.29) is 12.1 Å². The molecule has 111 valence electrons.